The molecule has 0 spiro atoms. The number of anilines is 2. The summed E-state index contributed by atoms with van der Waals surface area (Å²) in [4.78, 5) is 18.0. The van der Waals surface area contributed by atoms with Gasteiger partial charge >= 0.3 is 0 Å². The van der Waals surface area contributed by atoms with E-state index in [0.717, 1.165) is 47.8 Å². The van der Waals surface area contributed by atoms with Crippen LogP contribution in [0.4, 0.5) is 11.5 Å². The van der Waals surface area contributed by atoms with Gasteiger partial charge in [0.2, 0.25) is 0 Å². The van der Waals surface area contributed by atoms with E-state index in [4.69, 9.17) is 0 Å². The molecule has 4 rings (SSSR count). The van der Waals surface area contributed by atoms with Crippen LogP contribution in [0.15, 0.2) is 47.2 Å². The number of pyridine rings is 1. The highest BCUT2D eigenvalue weighted by atomic mass is 79.9. The number of aromatic nitrogens is 3. The Balaban J connectivity index is 1.56. The van der Waals surface area contributed by atoms with E-state index in [1.165, 1.54) is 11.1 Å². The lowest BCUT2D eigenvalue weighted by Crippen LogP contribution is -2.47. The van der Waals surface area contributed by atoms with Crippen LogP contribution in [0.1, 0.15) is 5.82 Å². The highest BCUT2D eigenvalue weighted by molar-refractivity contribution is 9.10. The molecule has 3 aromatic rings. The van der Waals surface area contributed by atoms with Gasteiger partial charge in [-0.2, -0.15) is 0 Å². The molecule has 0 amide bonds. The Labute approximate surface area is 149 Å². The second-order valence-corrected chi connectivity index (χ2v) is 6.84. The van der Waals surface area contributed by atoms with Crippen LogP contribution in [0.5, 0.6) is 0 Å². The Morgan fingerprint density at radius 1 is 0.917 bits per heavy atom. The topological polar surface area (TPSA) is 45.2 Å². The van der Waals surface area contributed by atoms with Crippen molar-refractivity contribution in [2.45, 2.75) is 6.92 Å². The zero-order chi connectivity index (χ0) is 16.5. The van der Waals surface area contributed by atoms with Crippen LogP contribution in [0.25, 0.3) is 10.9 Å². The molecule has 0 atom stereocenters. The molecule has 1 aliphatic heterocycles. The first-order valence-corrected chi connectivity index (χ1v) is 8.84. The second-order valence-electron chi connectivity index (χ2n) is 5.93. The van der Waals surface area contributed by atoms with Crippen LogP contribution in [-0.4, -0.2) is 41.1 Å². The van der Waals surface area contributed by atoms with E-state index in [2.05, 4.69) is 64.9 Å². The third kappa shape index (κ3) is 2.94. The normalized spacial score (nSPS) is 15.1. The largest absolute Gasteiger partial charge is 0.367 e. The van der Waals surface area contributed by atoms with Gasteiger partial charge in [-0.1, -0.05) is 15.9 Å². The summed E-state index contributed by atoms with van der Waals surface area (Å²) in [5.74, 6) is 1.84. The first kappa shape index (κ1) is 15.3. The first-order chi connectivity index (χ1) is 11.7. The first-order valence-electron chi connectivity index (χ1n) is 8.04. The van der Waals surface area contributed by atoms with Crippen molar-refractivity contribution in [2.24, 2.45) is 0 Å². The molecular formula is C18H18BrN5. The van der Waals surface area contributed by atoms with Gasteiger partial charge in [0.05, 0.1) is 5.52 Å². The van der Waals surface area contributed by atoms with Crippen molar-refractivity contribution in [2.75, 3.05) is 36.0 Å². The average molecular weight is 384 g/mol. The Bertz CT molecular complexity index is 874. The van der Waals surface area contributed by atoms with Gasteiger partial charge in [0, 0.05) is 54.1 Å². The molecule has 0 saturated carbocycles. The minimum Gasteiger partial charge on any atom is -0.367 e. The van der Waals surface area contributed by atoms with Crippen LogP contribution in [-0.2, 0) is 0 Å². The Morgan fingerprint density at radius 3 is 2.46 bits per heavy atom. The molecule has 1 aliphatic rings. The van der Waals surface area contributed by atoms with E-state index in [0.29, 0.717) is 0 Å². The third-order valence-electron chi connectivity index (χ3n) is 4.39. The lowest BCUT2D eigenvalue weighted by Gasteiger charge is -2.37. The molecule has 122 valence electrons. The van der Waals surface area contributed by atoms with Crippen LogP contribution in [0, 0.1) is 6.92 Å². The quantitative estimate of drug-likeness (QED) is 0.678. The predicted octanol–water partition coefficient (Wildman–Crippen LogP) is 3.42. The smallest absolute Gasteiger partial charge is 0.132 e. The van der Waals surface area contributed by atoms with E-state index in [1.54, 1.807) is 0 Å². The molecule has 0 aliphatic carbocycles. The van der Waals surface area contributed by atoms with Crippen molar-refractivity contribution >= 4 is 38.3 Å². The van der Waals surface area contributed by atoms with E-state index in [9.17, 15) is 0 Å². The molecule has 0 unspecified atom stereocenters. The van der Waals surface area contributed by atoms with Crippen LogP contribution in [0.2, 0.25) is 0 Å². The molecule has 0 radical (unpaired) electrons. The monoisotopic (exact) mass is 383 g/mol. The average Bonchev–Trinajstić information content (AvgIpc) is 2.61. The highest BCUT2D eigenvalue weighted by Gasteiger charge is 2.20. The SMILES string of the molecule is Cc1nccc(N2CCN(c3ccnc4cc(Br)ccc34)CC2)n1. The second kappa shape index (κ2) is 6.36. The number of piperazine rings is 1. The van der Waals surface area contributed by atoms with E-state index in [1.807, 2.05) is 25.4 Å². The molecule has 3 heterocycles. The zero-order valence-corrected chi connectivity index (χ0v) is 15.1. The van der Waals surface area contributed by atoms with Gasteiger partial charge in [-0.05, 0) is 37.3 Å². The number of nitrogens with zero attached hydrogens (tertiary/aromatic N) is 5. The molecule has 0 N–H and O–H groups in total. The summed E-state index contributed by atoms with van der Waals surface area (Å²) in [5, 5.41) is 1.20. The fraction of sp³-hybridized carbons (Fsp3) is 0.278. The van der Waals surface area contributed by atoms with Crippen molar-refractivity contribution in [3.8, 4) is 0 Å². The molecule has 1 saturated heterocycles. The summed E-state index contributed by atoms with van der Waals surface area (Å²) in [6.45, 7) is 5.78. The maximum absolute atomic E-state index is 4.54. The number of hydrogen-bond acceptors (Lipinski definition) is 5. The standard InChI is InChI=1S/C18H18BrN5/c1-13-20-7-5-18(22-13)24-10-8-23(9-11-24)17-4-6-21-16-12-14(19)2-3-15(16)17/h2-7,12H,8-11H2,1H3. The van der Waals surface area contributed by atoms with Crippen molar-refractivity contribution < 1.29 is 0 Å². The molecular weight excluding hydrogens is 366 g/mol. The molecule has 24 heavy (non-hydrogen) atoms. The number of rotatable bonds is 2. The van der Waals surface area contributed by atoms with Crippen molar-refractivity contribution in [3.63, 3.8) is 0 Å². The Morgan fingerprint density at radius 2 is 1.67 bits per heavy atom. The van der Waals surface area contributed by atoms with Gasteiger partial charge in [0.15, 0.2) is 0 Å². The van der Waals surface area contributed by atoms with Crippen molar-refractivity contribution in [3.05, 3.63) is 53.0 Å². The Kier molecular flexibility index (Phi) is 4.06. The van der Waals surface area contributed by atoms with Crippen molar-refractivity contribution in [1.82, 2.24) is 15.0 Å². The van der Waals surface area contributed by atoms with E-state index < -0.39 is 0 Å². The highest BCUT2D eigenvalue weighted by Crippen LogP contribution is 2.28. The van der Waals surface area contributed by atoms with Gasteiger partial charge in [0.1, 0.15) is 11.6 Å². The van der Waals surface area contributed by atoms with E-state index >= 15 is 0 Å². The summed E-state index contributed by atoms with van der Waals surface area (Å²) in [5.41, 5.74) is 2.28. The molecule has 0 bridgehead atoms. The fourth-order valence-corrected chi connectivity index (χ4v) is 3.53. The summed E-state index contributed by atoms with van der Waals surface area (Å²) >= 11 is 3.52. The van der Waals surface area contributed by atoms with Gasteiger partial charge in [-0.15, -0.1) is 0 Å². The van der Waals surface area contributed by atoms with Crippen molar-refractivity contribution in [1.29, 1.82) is 0 Å². The minimum absolute atomic E-state index is 0.820. The van der Waals surface area contributed by atoms with E-state index in [-0.39, 0.29) is 0 Å². The number of benzene rings is 1. The van der Waals surface area contributed by atoms with Crippen LogP contribution in [0.3, 0.4) is 0 Å². The molecule has 1 fully saturated rings. The summed E-state index contributed by atoms with van der Waals surface area (Å²) < 4.78 is 1.06. The molecule has 6 heteroatoms. The third-order valence-corrected chi connectivity index (χ3v) is 4.88. The van der Waals surface area contributed by atoms with Gasteiger partial charge in [0.25, 0.3) is 0 Å². The zero-order valence-electron chi connectivity index (χ0n) is 13.5. The lowest BCUT2D eigenvalue weighted by molar-refractivity contribution is 0.647. The molecule has 2 aromatic heterocycles. The van der Waals surface area contributed by atoms with Gasteiger partial charge in [-0.25, -0.2) is 9.97 Å². The maximum Gasteiger partial charge on any atom is 0.132 e. The molecule has 1 aromatic carbocycles. The number of fused-ring (bicyclic) bond motifs is 1. The fourth-order valence-electron chi connectivity index (χ4n) is 3.18. The molecule has 5 nitrogen and oxygen atoms in total. The summed E-state index contributed by atoms with van der Waals surface area (Å²) in [7, 11) is 0. The summed E-state index contributed by atoms with van der Waals surface area (Å²) in [6, 6.07) is 10.4. The van der Waals surface area contributed by atoms with Crippen LogP contribution >= 0.6 is 15.9 Å². The predicted molar refractivity (Wildman–Crippen MR) is 101 cm³/mol. The number of hydrogen-bond donors (Lipinski definition) is 0. The summed E-state index contributed by atoms with van der Waals surface area (Å²) in [6.07, 6.45) is 3.72. The van der Waals surface area contributed by atoms with Crippen LogP contribution < -0.4 is 9.80 Å². The van der Waals surface area contributed by atoms with Gasteiger partial charge < -0.3 is 9.80 Å². The maximum atomic E-state index is 4.54. The Hall–Kier alpha value is -2.21. The number of aryl methyl sites for hydroxylation is 1. The van der Waals surface area contributed by atoms with Gasteiger partial charge in [-0.3, -0.25) is 4.98 Å². The lowest BCUT2D eigenvalue weighted by atomic mass is 10.1. The minimum atomic E-state index is 0.820. The number of halogens is 1.